The van der Waals surface area contributed by atoms with Gasteiger partial charge in [0.15, 0.2) is 0 Å². The first-order valence-electron chi connectivity index (χ1n) is 6.00. The number of benzene rings is 2. The van der Waals surface area contributed by atoms with Gasteiger partial charge in [-0.3, -0.25) is 0 Å². The van der Waals surface area contributed by atoms with Crippen LogP contribution in [0.25, 0.3) is 0 Å². The molecule has 0 aliphatic heterocycles. The number of nitrogens with one attached hydrogen (secondary N) is 1. The Morgan fingerprint density at radius 3 is 2.37 bits per heavy atom. The minimum Gasteiger partial charge on any atom is -0.313 e. The van der Waals surface area contributed by atoms with E-state index < -0.39 is 0 Å². The first-order chi connectivity index (χ1) is 9.10. The normalized spacial score (nSPS) is 12.4. The molecule has 1 atom stereocenters. The molecule has 2 rings (SSSR count). The quantitative estimate of drug-likeness (QED) is 0.808. The Bertz CT molecular complexity index is 555. The molecule has 2 aromatic carbocycles. The summed E-state index contributed by atoms with van der Waals surface area (Å²) in [7, 11) is 1.96. The highest BCUT2D eigenvalue weighted by Gasteiger charge is 2.06. The van der Waals surface area contributed by atoms with Gasteiger partial charge in [-0.1, -0.05) is 47.1 Å². The molecule has 0 aromatic heterocycles. The smallest absolute Gasteiger partial charge is 0.0546 e. The summed E-state index contributed by atoms with van der Waals surface area (Å²) in [4.78, 5) is 2.12. The van der Waals surface area contributed by atoms with Crippen LogP contribution in [0.2, 0.25) is 10.0 Å². The summed E-state index contributed by atoms with van der Waals surface area (Å²) in [6.07, 6.45) is 0. The Balaban J connectivity index is 2.17. The maximum absolute atomic E-state index is 6.16. The molecule has 0 aliphatic carbocycles. The largest absolute Gasteiger partial charge is 0.313 e. The van der Waals surface area contributed by atoms with Crippen LogP contribution in [0.4, 0.5) is 0 Å². The topological polar surface area (TPSA) is 12.0 Å². The summed E-state index contributed by atoms with van der Waals surface area (Å²) in [6.45, 7) is 2.13. The summed E-state index contributed by atoms with van der Waals surface area (Å²) in [5.74, 6) is 0. The van der Waals surface area contributed by atoms with Gasteiger partial charge in [-0.2, -0.15) is 0 Å². The molecule has 0 saturated carbocycles. The average molecular weight is 312 g/mol. The first-order valence-corrected chi connectivity index (χ1v) is 7.57. The first kappa shape index (κ1) is 14.7. The predicted octanol–water partition coefficient (Wildman–Crippen LogP) is 5.43. The van der Waals surface area contributed by atoms with E-state index in [1.54, 1.807) is 17.8 Å². The molecule has 19 heavy (non-hydrogen) atoms. The number of rotatable bonds is 4. The van der Waals surface area contributed by atoms with Crippen LogP contribution in [0.1, 0.15) is 18.5 Å². The lowest BCUT2D eigenvalue weighted by Gasteiger charge is -2.11. The van der Waals surface area contributed by atoms with Gasteiger partial charge in [-0.05, 0) is 49.9 Å². The van der Waals surface area contributed by atoms with Crippen molar-refractivity contribution >= 4 is 35.0 Å². The van der Waals surface area contributed by atoms with E-state index in [1.807, 2.05) is 19.2 Å². The molecule has 0 bridgehead atoms. The van der Waals surface area contributed by atoms with Gasteiger partial charge in [-0.25, -0.2) is 0 Å². The van der Waals surface area contributed by atoms with Crippen LogP contribution in [-0.4, -0.2) is 7.05 Å². The van der Waals surface area contributed by atoms with E-state index in [4.69, 9.17) is 23.2 Å². The SMILES string of the molecule is CNC(C)c1ccc(Sc2cc(Cl)ccc2Cl)cc1. The fraction of sp³-hybridized carbons (Fsp3) is 0.200. The Kier molecular flexibility index (Phi) is 5.17. The van der Waals surface area contributed by atoms with Crippen molar-refractivity contribution < 1.29 is 0 Å². The Labute approximate surface area is 128 Å². The lowest BCUT2D eigenvalue weighted by Crippen LogP contribution is -2.11. The van der Waals surface area contributed by atoms with Crippen molar-refractivity contribution in [1.29, 1.82) is 0 Å². The molecule has 0 amide bonds. The zero-order valence-electron chi connectivity index (χ0n) is 10.8. The van der Waals surface area contributed by atoms with Crippen LogP contribution in [0.15, 0.2) is 52.3 Å². The molecule has 0 heterocycles. The van der Waals surface area contributed by atoms with Crippen molar-refractivity contribution in [2.75, 3.05) is 7.05 Å². The van der Waals surface area contributed by atoms with Crippen LogP contribution >= 0.6 is 35.0 Å². The second-order valence-electron chi connectivity index (χ2n) is 4.26. The molecule has 1 nitrogen and oxygen atoms in total. The molecule has 0 radical (unpaired) electrons. The lowest BCUT2D eigenvalue weighted by atomic mass is 10.1. The van der Waals surface area contributed by atoms with E-state index >= 15 is 0 Å². The van der Waals surface area contributed by atoms with Crippen molar-refractivity contribution in [3.05, 3.63) is 58.1 Å². The van der Waals surface area contributed by atoms with E-state index in [0.29, 0.717) is 11.1 Å². The molecular formula is C15H15Cl2NS. The van der Waals surface area contributed by atoms with Gasteiger partial charge in [0.1, 0.15) is 0 Å². The molecular weight excluding hydrogens is 297 g/mol. The van der Waals surface area contributed by atoms with E-state index in [1.165, 1.54) is 5.56 Å². The van der Waals surface area contributed by atoms with Crippen LogP contribution < -0.4 is 5.32 Å². The van der Waals surface area contributed by atoms with Crippen LogP contribution in [0.3, 0.4) is 0 Å². The third kappa shape index (κ3) is 3.90. The molecule has 0 saturated heterocycles. The predicted molar refractivity (Wildman–Crippen MR) is 84.5 cm³/mol. The van der Waals surface area contributed by atoms with Gasteiger partial charge in [0, 0.05) is 20.9 Å². The molecule has 0 spiro atoms. The monoisotopic (exact) mass is 311 g/mol. The van der Waals surface area contributed by atoms with Gasteiger partial charge in [0.05, 0.1) is 5.02 Å². The maximum atomic E-state index is 6.16. The molecule has 0 fully saturated rings. The Morgan fingerprint density at radius 2 is 1.74 bits per heavy atom. The second kappa shape index (κ2) is 6.67. The van der Waals surface area contributed by atoms with Gasteiger partial charge >= 0.3 is 0 Å². The molecule has 2 aromatic rings. The molecule has 1 N–H and O–H groups in total. The van der Waals surface area contributed by atoms with Crippen molar-refractivity contribution in [1.82, 2.24) is 5.32 Å². The van der Waals surface area contributed by atoms with Crippen LogP contribution in [0, 0.1) is 0 Å². The van der Waals surface area contributed by atoms with E-state index in [-0.39, 0.29) is 0 Å². The van der Waals surface area contributed by atoms with Crippen molar-refractivity contribution in [3.8, 4) is 0 Å². The zero-order valence-corrected chi connectivity index (χ0v) is 13.1. The van der Waals surface area contributed by atoms with Crippen molar-refractivity contribution in [2.24, 2.45) is 0 Å². The highest BCUT2D eigenvalue weighted by atomic mass is 35.5. The fourth-order valence-corrected chi connectivity index (χ4v) is 3.02. The minimum absolute atomic E-state index is 0.355. The lowest BCUT2D eigenvalue weighted by molar-refractivity contribution is 0.652. The van der Waals surface area contributed by atoms with Crippen molar-refractivity contribution in [2.45, 2.75) is 22.8 Å². The summed E-state index contributed by atoms with van der Waals surface area (Å²) in [5, 5.41) is 4.65. The molecule has 4 heteroatoms. The van der Waals surface area contributed by atoms with Gasteiger partial charge in [0.2, 0.25) is 0 Å². The summed E-state index contributed by atoms with van der Waals surface area (Å²) in [5.41, 5.74) is 1.27. The maximum Gasteiger partial charge on any atom is 0.0546 e. The Hall–Kier alpha value is -0.670. The molecule has 100 valence electrons. The highest BCUT2D eigenvalue weighted by molar-refractivity contribution is 7.99. The average Bonchev–Trinajstić information content (AvgIpc) is 2.43. The molecule has 0 aliphatic rings. The minimum atomic E-state index is 0.355. The van der Waals surface area contributed by atoms with Crippen molar-refractivity contribution in [3.63, 3.8) is 0 Å². The van der Waals surface area contributed by atoms with E-state index in [9.17, 15) is 0 Å². The molecule has 1 unspecified atom stereocenters. The number of halogens is 2. The zero-order chi connectivity index (χ0) is 13.8. The number of hydrogen-bond donors (Lipinski definition) is 1. The summed E-state index contributed by atoms with van der Waals surface area (Å²) >= 11 is 13.8. The van der Waals surface area contributed by atoms with Crippen LogP contribution in [-0.2, 0) is 0 Å². The second-order valence-corrected chi connectivity index (χ2v) is 6.22. The third-order valence-electron chi connectivity index (χ3n) is 2.93. The standard InChI is InChI=1S/C15H15Cl2NS/c1-10(18-2)11-3-6-13(7-4-11)19-15-9-12(16)5-8-14(15)17/h3-10,18H,1-2H3. The highest BCUT2D eigenvalue weighted by Crippen LogP contribution is 2.35. The third-order valence-corrected chi connectivity index (χ3v) is 4.68. The van der Waals surface area contributed by atoms with Crippen LogP contribution in [0.5, 0.6) is 0 Å². The van der Waals surface area contributed by atoms with E-state index in [2.05, 4.69) is 36.5 Å². The number of hydrogen-bond acceptors (Lipinski definition) is 2. The fourth-order valence-electron chi connectivity index (χ4n) is 1.67. The van der Waals surface area contributed by atoms with E-state index in [0.717, 1.165) is 14.8 Å². The van der Waals surface area contributed by atoms with Gasteiger partial charge < -0.3 is 5.32 Å². The van der Waals surface area contributed by atoms with Gasteiger partial charge in [0.25, 0.3) is 0 Å². The Morgan fingerprint density at radius 1 is 1.05 bits per heavy atom. The summed E-state index contributed by atoms with van der Waals surface area (Å²) in [6, 6.07) is 14.3. The van der Waals surface area contributed by atoms with Gasteiger partial charge in [-0.15, -0.1) is 0 Å². The summed E-state index contributed by atoms with van der Waals surface area (Å²) < 4.78 is 0.